The molecule has 0 N–H and O–H groups in total. The summed E-state index contributed by atoms with van der Waals surface area (Å²) in [6.07, 6.45) is 3.25. The van der Waals surface area contributed by atoms with Crippen molar-refractivity contribution >= 4 is 9.84 Å². The van der Waals surface area contributed by atoms with Crippen LogP contribution in [0.2, 0.25) is 0 Å². The number of nitrogens with zero attached hydrogens (tertiary/aromatic N) is 1. The first-order valence-corrected chi connectivity index (χ1v) is 8.43. The third-order valence-electron chi connectivity index (χ3n) is 3.44. The summed E-state index contributed by atoms with van der Waals surface area (Å²) in [6.45, 7) is 2.10. The highest BCUT2D eigenvalue weighted by molar-refractivity contribution is 7.92. The second-order valence-corrected chi connectivity index (χ2v) is 6.99. The average Bonchev–Trinajstić information content (AvgIpc) is 2.90. The van der Waals surface area contributed by atoms with Crippen LogP contribution in [-0.4, -0.2) is 32.2 Å². The summed E-state index contributed by atoms with van der Waals surface area (Å²) in [4.78, 5) is 10.9. The lowest BCUT2D eigenvalue weighted by Crippen LogP contribution is -2.34. The van der Waals surface area contributed by atoms with Crippen LogP contribution in [0.4, 0.5) is 0 Å². The Morgan fingerprint density at radius 1 is 1.35 bits per heavy atom. The minimum Gasteiger partial charge on any atom is -0.276 e. The second-order valence-electron chi connectivity index (χ2n) is 4.89. The first-order chi connectivity index (χ1) is 9.59. The van der Waals surface area contributed by atoms with Crippen molar-refractivity contribution in [2.75, 3.05) is 7.11 Å². The Morgan fingerprint density at radius 2 is 2.05 bits per heavy atom. The van der Waals surface area contributed by atoms with Crippen molar-refractivity contribution in [3.8, 4) is 0 Å². The van der Waals surface area contributed by atoms with Crippen LogP contribution in [0, 0.1) is 0 Å². The molecular weight excluding hydrogens is 278 g/mol. The largest absolute Gasteiger partial charge is 0.276 e. The average molecular weight is 299 g/mol. The van der Waals surface area contributed by atoms with Crippen LogP contribution in [0.5, 0.6) is 0 Å². The lowest BCUT2D eigenvalue weighted by Gasteiger charge is -2.19. The number of rotatable bonds is 6. The van der Waals surface area contributed by atoms with Gasteiger partial charge >= 0.3 is 0 Å². The van der Waals surface area contributed by atoms with Gasteiger partial charge in [-0.15, -0.1) is 0 Å². The third kappa shape index (κ3) is 3.20. The van der Waals surface area contributed by atoms with E-state index in [2.05, 4.69) is 6.92 Å². The minimum absolute atomic E-state index is 0.0987. The van der Waals surface area contributed by atoms with E-state index in [0.29, 0.717) is 11.3 Å². The van der Waals surface area contributed by atoms with E-state index < -0.39 is 15.2 Å². The Bertz CT molecular complexity index is 517. The maximum atomic E-state index is 12.6. The van der Waals surface area contributed by atoms with Gasteiger partial charge in [0.15, 0.2) is 15.2 Å². The predicted molar refractivity (Wildman–Crippen MR) is 75.3 cm³/mol. The summed E-state index contributed by atoms with van der Waals surface area (Å²) in [6, 6.07) is 8.43. The topological polar surface area (TPSA) is 55.8 Å². The SMILES string of the molecule is CCCCC1CC(S(=O)(=O)c2ccccc2)N(OC)O1. The fraction of sp³-hybridized carbons (Fsp3) is 0.571. The van der Waals surface area contributed by atoms with Gasteiger partial charge in [-0.3, -0.25) is 9.68 Å². The van der Waals surface area contributed by atoms with Crippen LogP contribution >= 0.6 is 0 Å². The summed E-state index contributed by atoms with van der Waals surface area (Å²) in [5.74, 6) is 0. The molecule has 1 fully saturated rings. The Morgan fingerprint density at radius 3 is 2.65 bits per heavy atom. The van der Waals surface area contributed by atoms with Gasteiger partial charge in [-0.05, 0) is 23.8 Å². The van der Waals surface area contributed by atoms with E-state index >= 15 is 0 Å². The molecular formula is C14H21NO4S. The van der Waals surface area contributed by atoms with Gasteiger partial charge < -0.3 is 0 Å². The van der Waals surface area contributed by atoms with Crippen molar-refractivity contribution in [1.29, 1.82) is 0 Å². The number of hydrogen-bond donors (Lipinski definition) is 0. The Labute approximate surface area is 120 Å². The summed E-state index contributed by atoms with van der Waals surface area (Å²) in [5.41, 5.74) is 0. The van der Waals surface area contributed by atoms with E-state index in [9.17, 15) is 8.42 Å². The highest BCUT2D eigenvalue weighted by Gasteiger charge is 2.43. The molecule has 2 atom stereocenters. The van der Waals surface area contributed by atoms with E-state index in [-0.39, 0.29) is 6.10 Å². The lowest BCUT2D eigenvalue weighted by molar-refractivity contribution is -0.347. The molecule has 112 valence electrons. The van der Waals surface area contributed by atoms with E-state index in [0.717, 1.165) is 24.5 Å². The Kier molecular flexibility index (Phi) is 5.15. The van der Waals surface area contributed by atoms with Crippen molar-refractivity contribution in [2.24, 2.45) is 0 Å². The molecule has 1 aromatic carbocycles. The molecule has 1 saturated heterocycles. The molecule has 0 spiro atoms. The fourth-order valence-electron chi connectivity index (χ4n) is 2.34. The highest BCUT2D eigenvalue weighted by Crippen LogP contribution is 2.31. The summed E-state index contributed by atoms with van der Waals surface area (Å²) in [5, 5.41) is 0.347. The van der Waals surface area contributed by atoms with Gasteiger partial charge in [0.2, 0.25) is 0 Å². The maximum Gasteiger partial charge on any atom is 0.199 e. The predicted octanol–water partition coefficient (Wildman–Crippen LogP) is 2.54. The van der Waals surface area contributed by atoms with Crippen LogP contribution in [0.1, 0.15) is 32.6 Å². The van der Waals surface area contributed by atoms with E-state index in [1.165, 1.54) is 7.11 Å². The quantitative estimate of drug-likeness (QED) is 0.808. The van der Waals surface area contributed by atoms with Crippen LogP contribution in [0.15, 0.2) is 35.2 Å². The zero-order valence-electron chi connectivity index (χ0n) is 11.9. The zero-order chi connectivity index (χ0) is 14.6. The van der Waals surface area contributed by atoms with E-state index in [1.54, 1.807) is 30.3 Å². The molecule has 0 saturated carbocycles. The maximum absolute atomic E-state index is 12.6. The van der Waals surface area contributed by atoms with Gasteiger partial charge in [0.1, 0.15) is 0 Å². The standard InChI is InChI=1S/C14H21NO4S/c1-3-4-8-12-11-14(15(18-2)19-12)20(16,17)13-9-6-5-7-10-13/h5-7,9-10,12,14H,3-4,8,11H2,1-2H3. The number of unbranched alkanes of at least 4 members (excludes halogenated alkanes) is 1. The normalized spacial score (nSPS) is 24.1. The Hall–Kier alpha value is -0.950. The van der Waals surface area contributed by atoms with E-state index in [4.69, 9.17) is 9.68 Å². The number of hydrogen-bond acceptors (Lipinski definition) is 5. The first-order valence-electron chi connectivity index (χ1n) is 6.88. The van der Waals surface area contributed by atoms with Gasteiger partial charge in [-0.2, -0.15) is 0 Å². The van der Waals surface area contributed by atoms with Crippen LogP contribution in [-0.2, 0) is 19.5 Å². The third-order valence-corrected chi connectivity index (χ3v) is 5.45. The number of hydroxylamine groups is 2. The molecule has 20 heavy (non-hydrogen) atoms. The molecule has 6 heteroatoms. The molecule has 2 unspecified atom stereocenters. The fourth-order valence-corrected chi connectivity index (χ4v) is 4.02. The smallest absolute Gasteiger partial charge is 0.199 e. The molecule has 1 aliphatic rings. The van der Waals surface area contributed by atoms with E-state index in [1.807, 2.05) is 0 Å². The van der Waals surface area contributed by atoms with Gasteiger partial charge in [-0.25, -0.2) is 8.42 Å². The van der Waals surface area contributed by atoms with Crippen molar-refractivity contribution in [3.05, 3.63) is 30.3 Å². The van der Waals surface area contributed by atoms with Crippen molar-refractivity contribution in [1.82, 2.24) is 5.23 Å². The van der Waals surface area contributed by atoms with Gasteiger partial charge in [0.25, 0.3) is 0 Å². The van der Waals surface area contributed by atoms with Crippen LogP contribution in [0.25, 0.3) is 0 Å². The lowest BCUT2D eigenvalue weighted by atomic mass is 10.1. The molecule has 0 bridgehead atoms. The molecule has 0 aromatic heterocycles. The number of benzene rings is 1. The molecule has 1 heterocycles. The first kappa shape index (κ1) is 15.4. The molecule has 1 aromatic rings. The molecule has 0 amide bonds. The summed E-state index contributed by atoms with van der Waals surface area (Å²) >= 11 is 0. The van der Waals surface area contributed by atoms with Crippen LogP contribution < -0.4 is 0 Å². The van der Waals surface area contributed by atoms with Gasteiger partial charge in [-0.1, -0.05) is 38.0 Å². The van der Waals surface area contributed by atoms with Crippen LogP contribution in [0.3, 0.4) is 0 Å². The monoisotopic (exact) mass is 299 g/mol. The molecule has 1 aliphatic heterocycles. The Balaban J connectivity index is 2.18. The molecule has 0 aliphatic carbocycles. The highest BCUT2D eigenvalue weighted by atomic mass is 32.2. The molecule has 2 rings (SSSR count). The molecule has 5 nitrogen and oxygen atoms in total. The zero-order valence-corrected chi connectivity index (χ0v) is 12.7. The summed E-state index contributed by atoms with van der Waals surface area (Å²) in [7, 11) is -2.06. The molecule has 0 radical (unpaired) electrons. The van der Waals surface area contributed by atoms with Crippen molar-refractivity contribution in [3.63, 3.8) is 0 Å². The van der Waals surface area contributed by atoms with Gasteiger partial charge in [0.05, 0.1) is 18.1 Å². The van der Waals surface area contributed by atoms with Crippen molar-refractivity contribution < 1.29 is 18.1 Å². The number of sulfone groups is 1. The second kappa shape index (κ2) is 6.67. The van der Waals surface area contributed by atoms with Crippen molar-refractivity contribution in [2.45, 2.75) is 49.0 Å². The summed E-state index contributed by atoms with van der Waals surface area (Å²) < 4.78 is 25.2. The van der Waals surface area contributed by atoms with Gasteiger partial charge in [0, 0.05) is 6.42 Å². The minimum atomic E-state index is -3.48.